The summed E-state index contributed by atoms with van der Waals surface area (Å²) in [5.74, 6) is -1.20. The highest BCUT2D eigenvalue weighted by atomic mass is 79.9. The number of benzene rings is 1. The molecule has 0 radical (unpaired) electrons. The Morgan fingerprint density at radius 1 is 1.45 bits per heavy atom. The van der Waals surface area contributed by atoms with Crippen molar-refractivity contribution >= 4 is 21.9 Å². The van der Waals surface area contributed by atoms with Crippen LogP contribution in [-0.4, -0.2) is 22.4 Å². The fourth-order valence-corrected chi connectivity index (χ4v) is 2.08. The maximum atomic E-state index is 13.1. The van der Waals surface area contributed by atoms with Crippen LogP contribution in [0.1, 0.15) is 17.4 Å². The molecule has 1 aromatic carbocycles. The third-order valence-electron chi connectivity index (χ3n) is 2.43. The van der Waals surface area contributed by atoms with Crippen LogP contribution in [0.4, 0.5) is 4.39 Å². The lowest BCUT2D eigenvalue weighted by Gasteiger charge is -2.08. The molecule has 104 valence electrons. The van der Waals surface area contributed by atoms with Crippen molar-refractivity contribution in [2.75, 3.05) is 6.61 Å². The summed E-state index contributed by atoms with van der Waals surface area (Å²) in [5, 5.41) is 3.93. The molecular weight excluding hydrogens is 331 g/mol. The zero-order valence-corrected chi connectivity index (χ0v) is 12.1. The van der Waals surface area contributed by atoms with Gasteiger partial charge >= 0.3 is 5.97 Å². The Labute approximate surface area is 122 Å². The molecule has 0 bridgehead atoms. The zero-order valence-electron chi connectivity index (χ0n) is 10.5. The van der Waals surface area contributed by atoms with Gasteiger partial charge in [0.2, 0.25) is 11.1 Å². The first-order valence-corrected chi connectivity index (χ1v) is 6.54. The molecule has 0 atom stereocenters. The number of ether oxygens (including phenoxy) is 1. The van der Waals surface area contributed by atoms with Gasteiger partial charge in [0.1, 0.15) is 5.82 Å². The van der Waals surface area contributed by atoms with Crippen LogP contribution >= 0.6 is 15.9 Å². The molecule has 0 N–H and O–H groups in total. The number of carbonyl (C=O) groups is 1. The van der Waals surface area contributed by atoms with Crippen LogP contribution in [0.2, 0.25) is 0 Å². The Kier molecular flexibility index (Phi) is 4.29. The lowest BCUT2D eigenvalue weighted by atomic mass is 10.3. The molecule has 0 aliphatic heterocycles. The van der Waals surface area contributed by atoms with Crippen molar-refractivity contribution in [1.29, 1.82) is 0 Å². The number of aromatic nitrogens is 2. The minimum Gasteiger partial charge on any atom is -0.461 e. The summed E-state index contributed by atoms with van der Waals surface area (Å²) in [6.45, 7) is 1.78. The average molecular weight is 341 g/mol. The van der Waals surface area contributed by atoms with E-state index < -0.39 is 17.2 Å². The van der Waals surface area contributed by atoms with E-state index in [1.807, 2.05) is 0 Å². The van der Waals surface area contributed by atoms with Crippen molar-refractivity contribution < 1.29 is 13.9 Å². The van der Waals surface area contributed by atoms with Gasteiger partial charge in [-0.25, -0.2) is 13.9 Å². The van der Waals surface area contributed by atoms with Gasteiger partial charge < -0.3 is 4.74 Å². The van der Waals surface area contributed by atoms with Crippen molar-refractivity contribution in [2.24, 2.45) is 0 Å². The largest absolute Gasteiger partial charge is 0.461 e. The van der Waals surface area contributed by atoms with E-state index in [0.717, 1.165) is 0 Å². The predicted octanol–water partition coefficient (Wildman–Crippen LogP) is 2.31. The summed E-state index contributed by atoms with van der Waals surface area (Å²) < 4.78 is 19.6. The van der Waals surface area contributed by atoms with Gasteiger partial charge in [0.25, 0.3) is 0 Å². The minimum atomic E-state index is -0.787. The van der Waals surface area contributed by atoms with Gasteiger partial charge in [-0.1, -0.05) is 0 Å². The molecule has 0 aliphatic carbocycles. The van der Waals surface area contributed by atoms with Gasteiger partial charge in [-0.3, -0.25) is 4.79 Å². The number of nitrogens with zero attached hydrogens (tertiary/aromatic N) is 2. The topological polar surface area (TPSA) is 61.2 Å². The van der Waals surface area contributed by atoms with E-state index in [2.05, 4.69) is 21.0 Å². The van der Waals surface area contributed by atoms with Crippen molar-refractivity contribution in [1.82, 2.24) is 9.78 Å². The number of rotatable bonds is 3. The third kappa shape index (κ3) is 2.93. The van der Waals surface area contributed by atoms with E-state index in [1.165, 1.54) is 35.1 Å². The Balaban J connectivity index is 2.51. The Hall–Kier alpha value is -2.02. The van der Waals surface area contributed by atoms with Crippen LogP contribution in [0.15, 0.2) is 39.7 Å². The molecule has 1 aromatic heterocycles. The summed E-state index contributed by atoms with van der Waals surface area (Å²) in [4.78, 5) is 23.2. The van der Waals surface area contributed by atoms with E-state index in [0.29, 0.717) is 10.2 Å². The minimum absolute atomic E-state index is 0.148. The highest BCUT2D eigenvalue weighted by Gasteiger charge is 2.15. The number of hydrogen-bond donors (Lipinski definition) is 0. The van der Waals surface area contributed by atoms with Crippen LogP contribution in [0, 0.1) is 5.82 Å². The van der Waals surface area contributed by atoms with Crippen molar-refractivity contribution in [2.45, 2.75) is 6.92 Å². The normalized spacial score (nSPS) is 10.3. The van der Waals surface area contributed by atoms with Gasteiger partial charge in [-0.15, -0.1) is 0 Å². The molecular formula is C13H10BrFN2O3. The maximum absolute atomic E-state index is 13.1. The van der Waals surface area contributed by atoms with Gasteiger partial charge in [-0.05, 0) is 41.1 Å². The first-order chi connectivity index (χ1) is 9.52. The first-order valence-electron chi connectivity index (χ1n) is 5.75. The number of hydrogen-bond acceptors (Lipinski definition) is 4. The zero-order chi connectivity index (χ0) is 14.7. The highest BCUT2D eigenvalue weighted by Crippen LogP contribution is 2.20. The lowest BCUT2D eigenvalue weighted by molar-refractivity contribution is 0.0515. The fourth-order valence-electron chi connectivity index (χ4n) is 1.55. The molecule has 2 rings (SSSR count). The van der Waals surface area contributed by atoms with E-state index in [-0.39, 0.29) is 12.3 Å². The first kappa shape index (κ1) is 14.4. The molecule has 5 nitrogen and oxygen atoms in total. The van der Waals surface area contributed by atoms with Gasteiger partial charge in [-0.2, -0.15) is 5.10 Å². The van der Waals surface area contributed by atoms with Crippen molar-refractivity contribution in [3.05, 3.63) is 56.7 Å². The second-order valence-electron chi connectivity index (χ2n) is 3.79. The monoisotopic (exact) mass is 340 g/mol. The molecule has 7 heteroatoms. The second-order valence-corrected chi connectivity index (χ2v) is 4.64. The fraction of sp³-hybridized carbons (Fsp3) is 0.154. The maximum Gasteiger partial charge on any atom is 0.362 e. The summed E-state index contributed by atoms with van der Waals surface area (Å²) >= 11 is 3.20. The molecule has 0 fully saturated rings. The van der Waals surface area contributed by atoms with Gasteiger partial charge in [0.05, 0.1) is 12.3 Å². The second kappa shape index (κ2) is 5.96. The van der Waals surface area contributed by atoms with Crippen LogP contribution in [0.3, 0.4) is 0 Å². The van der Waals surface area contributed by atoms with E-state index in [4.69, 9.17) is 4.74 Å². The van der Waals surface area contributed by atoms with Crippen LogP contribution in [-0.2, 0) is 4.74 Å². The highest BCUT2D eigenvalue weighted by molar-refractivity contribution is 9.10. The standard InChI is InChI=1S/C13H10BrFN2O3/c1-2-20-13(19)12-11(18)5-6-17(16-12)10-4-3-8(15)7-9(10)14/h3-7H,2H2,1H3. The number of halogens is 2. The average Bonchev–Trinajstić information content (AvgIpc) is 2.40. The summed E-state index contributed by atoms with van der Waals surface area (Å²) in [6, 6.07) is 5.20. The van der Waals surface area contributed by atoms with Crippen LogP contribution in [0.5, 0.6) is 0 Å². The Morgan fingerprint density at radius 2 is 2.20 bits per heavy atom. The van der Waals surface area contributed by atoms with Gasteiger partial charge in [0.15, 0.2) is 0 Å². The summed E-state index contributed by atoms with van der Waals surface area (Å²) in [6.07, 6.45) is 1.39. The summed E-state index contributed by atoms with van der Waals surface area (Å²) in [5.41, 5.74) is -0.347. The smallest absolute Gasteiger partial charge is 0.362 e. The molecule has 0 saturated carbocycles. The number of esters is 1. The molecule has 20 heavy (non-hydrogen) atoms. The Bertz CT molecular complexity index is 715. The van der Waals surface area contributed by atoms with E-state index >= 15 is 0 Å². The summed E-state index contributed by atoms with van der Waals surface area (Å²) in [7, 11) is 0. The van der Waals surface area contributed by atoms with Gasteiger partial charge in [0, 0.05) is 16.7 Å². The molecule has 0 saturated heterocycles. The Morgan fingerprint density at radius 3 is 2.85 bits per heavy atom. The van der Waals surface area contributed by atoms with E-state index in [9.17, 15) is 14.0 Å². The molecule has 1 heterocycles. The quantitative estimate of drug-likeness (QED) is 0.804. The van der Waals surface area contributed by atoms with Crippen molar-refractivity contribution in [3.63, 3.8) is 0 Å². The lowest BCUT2D eigenvalue weighted by Crippen LogP contribution is -2.22. The molecule has 2 aromatic rings. The van der Waals surface area contributed by atoms with Crippen molar-refractivity contribution in [3.8, 4) is 5.69 Å². The SMILES string of the molecule is CCOC(=O)c1nn(-c2ccc(F)cc2Br)ccc1=O. The molecule has 0 amide bonds. The number of carbonyl (C=O) groups excluding carboxylic acids is 1. The molecule has 0 spiro atoms. The predicted molar refractivity (Wildman–Crippen MR) is 73.4 cm³/mol. The van der Waals surface area contributed by atoms with E-state index in [1.54, 1.807) is 6.92 Å². The van der Waals surface area contributed by atoms with Crippen LogP contribution in [0.25, 0.3) is 5.69 Å². The third-order valence-corrected chi connectivity index (χ3v) is 3.07. The molecule has 0 unspecified atom stereocenters. The van der Waals surface area contributed by atoms with Crippen LogP contribution < -0.4 is 5.43 Å². The molecule has 0 aliphatic rings.